The average molecular weight is 269 g/mol. The number of amides is 1. The zero-order valence-corrected chi connectivity index (χ0v) is 10.4. The van der Waals surface area contributed by atoms with E-state index in [9.17, 15) is 14.4 Å². The molecule has 0 spiro atoms. The Morgan fingerprint density at radius 3 is 2.70 bits per heavy atom. The van der Waals surface area contributed by atoms with Crippen LogP contribution in [0.3, 0.4) is 0 Å². The largest absolute Gasteiger partial charge is 0.344 e. The van der Waals surface area contributed by atoms with E-state index in [1.807, 2.05) is 0 Å². The van der Waals surface area contributed by atoms with Crippen LogP contribution in [0.5, 0.6) is 0 Å². The molecule has 100 valence electrons. The van der Waals surface area contributed by atoms with Crippen LogP contribution in [0.2, 0.25) is 0 Å². The Kier molecular flexibility index (Phi) is 4.28. The van der Waals surface area contributed by atoms with Gasteiger partial charge in [0.25, 0.3) is 5.91 Å². The number of hydrogen-bond donors (Lipinski definition) is 1. The molecule has 2 aromatic rings. The van der Waals surface area contributed by atoms with Gasteiger partial charge in [-0.3, -0.25) is 19.4 Å². The van der Waals surface area contributed by atoms with Gasteiger partial charge in [-0.25, -0.2) is 4.98 Å². The van der Waals surface area contributed by atoms with Crippen LogP contribution in [-0.4, -0.2) is 34.5 Å². The zero-order chi connectivity index (χ0) is 14.4. The molecule has 0 saturated heterocycles. The van der Waals surface area contributed by atoms with E-state index in [-0.39, 0.29) is 29.1 Å². The quantitative estimate of drug-likeness (QED) is 0.643. The molecule has 1 aromatic heterocycles. The number of nitrogens with zero attached hydrogens (tertiary/aromatic N) is 2. The number of hydrogen-bond acceptors (Lipinski definition) is 5. The minimum Gasteiger partial charge on any atom is -0.344 e. The summed E-state index contributed by atoms with van der Waals surface area (Å²) in [5.41, 5.74) is 0.683. The summed E-state index contributed by atoms with van der Waals surface area (Å²) < 4.78 is 0. The van der Waals surface area contributed by atoms with Crippen molar-refractivity contribution in [3.05, 3.63) is 59.7 Å². The zero-order valence-electron chi connectivity index (χ0n) is 10.4. The minimum atomic E-state index is -0.482. The fourth-order valence-corrected chi connectivity index (χ4v) is 1.60. The van der Waals surface area contributed by atoms with E-state index in [1.165, 1.54) is 30.7 Å². The fraction of sp³-hybridized carbons (Fsp3) is 0.0714. The standard InChI is InChI=1S/C14H11N3O3/c18-9-10-3-1-2-4-11(10)14(20)17-8-13(19)12-7-15-5-6-16-12/h1-7,9H,8H2,(H,17,20). The Labute approximate surface area is 114 Å². The third kappa shape index (κ3) is 3.11. The smallest absolute Gasteiger partial charge is 0.252 e. The van der Waals surface area contributed by atoms with Gasteiger partial charge >= 0.3 is 0 Å². The highest BCUT2D eigenvalue weighted by molar-refractivity contribution is 6.04. The highest BCUT2D eigenvalue weighted by Crippen LogP contribution is 2.05. The van der Waals surface area contributed by atoms with Crippen molar-refractivity contribution in [1.29, 1.82) is 0 Å². The number of aldehydes is 1. The van der Waals surface area contributed by atoms with Crippen molar-refractivity contribution in [1.82, 2.24) is 15.3 Å². The summed E-state index contributed by atoms with van der Waals surface area (Å²) in [4.78, 5) is 42.1. The van der Waals surface area contributed by atoms with Gasteiger partial charge < -0.3 is 5.32 Å². The fourth-order valence-electron chi connectivity index (χ4n) is 1.60. The predicted octanol–water partition coefficient (Wildman–Crippen LogP) is 0.902. The molecule has 1 aromatic carbocycles. The minimum absolute atomic E-state index is 0.177. The number of carbonyl (C=O) groups excluding carboxylic acids is 3. The summed E-state index contributed by atoms with van der Waals surface area (Å²) in [5.74, 6) is -0.833. The van der Waals surface area contributed by atoms with Gasteiger partial charge in [0.2, 0.25) is 5.78 Å². The van der Waals surface area contributed by atoms with E-state index in [0.29, 0.717) is 6.29 Å². The van der Waals surface area contributed by atoms with Gasteiger partial charge in [-0.2, -0.15) is 0 Å². The molecule has 1 amide bonds. The Morgan fingerprint density at radius 2 is 2.00 bits per heavy atom. The van der Waals surface area contributed by atoms with Crippen LogP contribution in [0.25, 0.3) is 0 Å². The normalized spacial score (nSPS) is 9.80. The van der Waals surface area contributed by atoms with E-state index in [1.54, 1.807) is 12.1 Å². The number of Topliss-reactive ketones (excluding diaryl/α,β-unsaturated/α-hetero) is 1. The highest BCUT2D eigenvalue weighted by Gasteiger charge is 2.13. The van der Waals surface area contributed by atoms with Crippen LogP contribution in [0.4, 0.5) is 0 Å². The summed E-state index contributed by atoms with van der Waals surface area (Å²) in [7, 11) is 0. The molecule has 1 heterocycles. The van der Waals surface area contributed by atoms with Crippen molar-refractivity contribution in [2.75, 3.05) is 6.54 Å². The lowest BCUT2D eigenvalue weighted by Gasteiger charge is -2.06. The Bertz CT molecular complexity index is 641. The Balaban J connectivity index is 2.02. The van der Waals surface area contributed by atoms with Crippen LogP contribution < -0.4 is 5.32 Å². The van der Waals surface area contributed by atoms with Crippen molar-refractivity contribution in [2.45, 2.75) is 0 Å². The molecule has 0 unspecified atom stereocenters. The summed E-state index contributed by atoms with van der Waals surface area (Å²) in [6.45, 7) is -0.204. The van der Waals surface area contributed by atoms with E-state index in [0.717, 1.165) is 0 Å². The Hall–Kier alpha value is -2.89. The average Bonchev–Trinajstić information content (AvgIpc) is 2.53. The predicted molar refractivity (Wildman–Crippen MR) is 70.5 cm³/mol. The second kappa shape index (κ2) is 6.33. The number of carbonyl (C=O) groups is 3. The molecule has 0 aliphatic rings. The van der Waals surface area contributed by atoms with Gasteiger partial charge in [-0.1, -0.05) is 18.2 Å². The van der Waals surface area contributed by atoms with E-state index < -0.39 is 5.91 Å². The van der Waals surface area contributed by atoms with Gasteiger partial charge in [0, 0.05) is 23.5 Å². The first-order valence-corrected chi connectivity index (χ1v) is 5.84. The molecule has 0 saturated carbocycles. The monoisotopic (exact) mass is 269 g/mol. The van der Waals surface area contributed by atoms with Crippen LogP contribution in [0.1, 0.15) is 31.2 Å². The highest BCUT2D eigenvalue weighted by atomic mass is 16.2. The molecule has 0 radical (unpaired) electrons. The molecule has 0 bridgehead atoms. The third-order valence-corrected chi connectivity index (χ3v) is 2.59. The van der Waals surface area contributed by atoms with Crippen molar-refractivity contribution >= 4 is 18.0 Å². The van der Waals surface area contributed by atoms with Crippen LogP contribution in [-0.2, 0) is 0 Å². The number of benzene rings is 1. The molecule has 20 heavy (non-hydrogen) atoms. The molecule has 0 aliphatic heterocycles. The van der Waals surface area contributed by atoms with Crippen molar-refractivity contribution < 1.29 is 14.4 Å². The van der Waals surface area contributed by atoms with Crippen LogP contribution in [0, 0.1) is 0 Å². The molecular formula is C14H11N3O3. The molecule has 0 atom stereocenters. The number of nitrogens with one attached hydrogen (secondary N) is 1. The summed E-state index contributed by atoms with van der Waals surface area (Å²) >= 11 is 0. The van der Waals surface area contributed by atoms with E-state index >= 15 is 0 Å². The number of ketones is 1. The van der Waals surface area contributed by atoms with E-state index in [4.69, 9.17) is 0 Å². The first kappa shape index (κ1) is 13.5. The summed E-state index contributed by atoms with van der Waals surface area (Å²) in [5, 5.41) is 2.46. The molecular weight excluding hydrogens is 258 g/mol. The first-order valence-electron chi connectivity index (χ1n) is 5.84. The van der Waals surface area contributed by atoms with Crippen molar-refractivity contribution in [2.24, 2.45) is 0 Å². The number of rotatable bonds is 5. The van der Waals surface area contributed by atoms with Gasteiger partial charge in [0.05, 0.1) is 12.7 Å². The Morgan fingerprint density at radius 1 is 1.20 bits per heavy atom. The lowest BCUT2D eigenvalue weighted by molar-refractivity contribution is 0.0900. The maximum Gasteiger partial charge on any atom is 0.252 e. The van der Waals surface area contributed by atoms with Gasteiger partial charge in [0.1, 0.15) is 5.69 Å². The topological polar surface area (TPSA) is 89.0 Å². The van der Waals surface area contributed by atoms with Gasteiger partial charge in [-0.15, -0.1) is 0 Å². The van der Waals surface area contributed by atoms with Crippen LogP contribution >= 0.6 is 0 Å². The van der Waals surface area contributed by atoms with Gasteiger partial charge in [0.15, 0.2) is 6.29 Å². The second-order valence-corrected chi connectivity index (χ2v) is 3.90. The molecule has 0 aliphatic carbocycles. The maximum atomic E-state index is 11.9. The molecule has 6 nitrogen and oxygen atoms in total. The number of aromatic nitrogens is 2. The van der Waals surface area contributed by atoms with Crippen molar-refractivity contribution in [3.8, 4) is 0 Å². The molecule has 1 N–H and O–H groups in total. The first-order chi connectivity index (χ1) is 9.72. The van der Waals surface area contributed by atoms with E-state index in [2.05, 4.69) is 15.3 Å². The second-order valence-electron chi connectivity index (χ2n) is 3.90. The summed E-state index contributed by atoms with van der Waals surface area (Å²) in [6, 6.07) is 6.36. The molecule has 2 rings (SSSR count). The molecule has 0 fully saturated rings. The van der Waals surface area contributed by atoms with Crippen LogP contribution in [0.15, 0.2) is 42.9 Å². The van der Waals surface area contributed by atoms with Gasteiger partial charge in [-0.05, 0) is 6.07 Å². The summed E-state index contributed by atoms with van der Waals surface area (Å²) in [6.07, 6.45) is 4.78. The maximum absolute atomic E-state index is 11.9. The lowest BCUT2D eigenvalue weighted by Crippen LogP contribution is -2.30. The molecule has 6 heteroatoms. The van der Waals surface area contributed by atoms with Crippen molar-refractivity contribution in [3.63, 3.8) is 0 Å². The third-order valence-electron chi connectivity index (χ3n) is 2.59. The lowest BCUT2D eigenvalue weighted by atomic mass is 10.1. The SMILES string of the molecule is O=Cc1ccccc1C(=O)NCC(=O)c1cnccn1.